The van der Waals surface area contributed by atoms with Gasteiger partial charge in [-0.05, 0) is 37.6 Å². The fourth-order valence-electron chi connectivity index (χ4n) is 3.99. The Labute approximate surface area is 143 Å². The zero-order chi connectivity index (χ0) is 16.5. The van der Waals surface area contributed by atoms with E-state index in [0.29, 0.717) is 12.0 Å². The molecule has 2 saturated heterocycles. The topological polar surface area (TPSA) is 35.6 Å². The lowest BCUT2D eigenvalue weighted by molar-refractivity contribution is 0.213. The first kappa shape index (κ1) is 15.2. The summed E-state index contributed by atoms with van der Waals surface area (Å²) in [5.41, 5.74) is 3.05. The third-order valence-electron chi connectivity index (χ3n) is 5.37. The number of rotatable bonds is 2. The molecule has 4 rings (SSSR count). The SMILES string of the molecule is CN1CC[C@@H]2CN(C(=O)Nc3ccccc3-c3ccccc3)C[C@@H]21. The molecule has 2 aliphatic rings. The highest BCUT2D eigenvalue weighted by molar-refractivity contribution is 5.94. The predicted molar refractivity (Wildman–Crippen MR) is 97.0 cm³/mol. The summed E-state index contributed by atoms with van der Waals surface area (Å²) in [5.74, 6) is 0.630. The standard InChI is InChI=1S/C20H23N3O/c1-22-12-11-16-13-23(14-19(16)22)20(24)21-18-10-6-5-9-17(18)15-7-3-2-4-8-15/h2-10,16,19H,11-14H2,1H3,(H,21,24)/t16-,19+/m1/s1. The van der Waals surface area contributed by atoms with Gasteiger partial charge in [0.1, 0.15) is 0 Å². The van der Waals surface area contributed by atoms with Crippen molar-refractivity contribution in [2.45, 2.75) is 12.5 Å². The Morgan fingerprint density at radius 2 is 1.79 bits per heavy atom. The van der Waals surface area contributed by atoms with Gasteiger partial charge in [-0.2, -0.15) is 0 Å². The van der Waals surface area contributed by atoms with Gasteiger partial charge in [0.15, 0.2) is 0 Å². The minimum atomic E-state index is 0.0150. The van der Waals surface area contributed by atoms with Crippen LogP contribution in [-0.2, 0) is 0 Å². The van der Waals surface area contributed by atoms with Crippen molar-refractivity contribution >= 4 is 11.7 Å². The second kappa shape index (κ2) is 6.29. The van der Waals surface area contributed by atoms with Gasteiger partial charge in [-0.25, -0.2) is 4.79 Å². The largest absolute Gasteiger partial charge is 0.323 e. The number of para-hydroxylation sites is 1. The van der Waals surface area contributed by atoms with Gasteiger partial charge in [0.25, 0.3) is 0 Å². The highest BCUT2D eigenvalue weighted by Gasteiger charge is 2.41. The molecule has 0 saturated carbocycles. The number of nitrogens with one attached hydrogen (secondary N) is 1. The molecular weight excluding hydrogens is 298 g/mol. The van der Waals surface area contributed by atoms with Gasteiger partial charge < -0.3 is 15.1 Å². The molecular formula is C20H23N3O. The smallest absolute Gasteiger partial charge is 0.321 e. The molecule has 124 valence electrons. The molecule has 2 aliphatic heterocycles. The molecule has 2 aromatic rings. The number of hydrogen-bond acceptors (Lipinski definition) is 2. The van der Waals surface area contributed by atoms with Crippen LogP contribution in [0.4, 0.5) is 10.5 Å². The van der Waals surface area contributed by atoms with Crippen LogP contribution in [0.2, 0.25) is 0 Å². The van der Waals surface area contributed by atoms with E-state index in [2.05, 4.69) is 35.5 Å². The average Bonchev–Trinajstić information content (AvgIpc) is 3.19. The minimum Gasteiger partial charge on any atom is -0.323 e. The molecule has 0 radical (unpaired) electrons. The monoisotopic (exact) mass is 321 g/mol. The molecule has 0 aliphatic carbocycles. The lowest BCUT2D eigenvalue weighted by Gasteiger charge is -2.22. The van der Waals surface area contributed by atoms with Crippen molar-refractivity contribution in [2.75, 3.05) is 32.0 Å². The number of hydrogen-bond donors (Lipinski definition) is 1. The summed E-state index contributed by atoms with van der Waals surface area (Å²) >= 11 is 0. The highest BCUT2D eigenvalue weighted by atomic mass is 16.2. The highest BCUT2D eigenvalue weighted by Crippen LogP contribution is 2.32. The van der Waals surface area contributed by atoms with E-state index in [4.69, 9.17) is 0 Å². The van der Waals surface area contributed by atoms with Crippen LogP contribution in [-0.4, -0.2) is 48.6 Å². The Kier molecular flexibility index (Phi) is 3.98. The van der Waals surface area contributed by atoms with Crippen LogP contribution in [0.1, 0.15) is 6.42 Å². The van der Waals surface area contributed by atoms with Crippen LogP contribution in [0.5, 0.6) is 0 Å². The molecule has 2 heterocycles. The number of urea groups is 1. The van der Waals surface area contributed by atoms with E-state index < -0.39 is 0 Å². The van der Waals surface area contributed by atoms with Crippen LogP contribution in [0.3, 0.4) is 0 Å². The second-order valence-corrected chi connectivity index (χ2v) is 6.84. The number of nitrogens with zero attached hydrogens (tertiary/aromatic N) is 2. The Morgan fingerprint density at radius 1 is 1.04 bits per heavy atom. The summed E-state index contributed by atoms with van der Waals surface area (Å²) in [7, 11) is 2.16. The van der Waals surface area contributed by atoms with Crippen molar-refractivity contribution in [1.29, 1.82) is 0 Å². The van der Waals surface area contributed by atoms with Crippen molar-refractivity contribution < 1.29 is 4.79 Å². The molecule has 2 aromatic carbocycles. The zero-order valence-corrected chi connectivity index (χ0v) is 14.0. The molecule has 4 nitrogen and oxygen atoms in total. The molecule has 4 heteroatoms. The van der Waals surface area contributed by atoms with Crippen molar-refractivity contribution in [2.24, 2.45) is 5.92 Å². The Hall–Kier alpha value is -2.33. The summed E-state index contributed by atoms with van der Waals surface area (Å²) in [6.45, 7) is 2.86. The maximum atomic E-state index is 12.7. The number of likely N-dealkylation sites (tertiary alicyclic amines) is 2. The van der Waals surface area contributed by atoms with Gasteiger partial charge in [-0.3, -0.25) is 0 Å². The summed E-state index contributed by atoms with van der Waals surface area (Å²) in [6, 6.07) is 18.7. The van der Waals surface area contributed by atoms with Gasteiger partial charge in [0.2, 0.25) is 0 Å². The lowest BCUT2D eigenvalue weighted by Crippen LogP contribution is -2.37. The number of likely N-dealkylation sites (N-methyl/N-ethyl adjacent to an activating group) is 1. The van der Waals surface area contributed by atoms with Gasteiger partial charge in [-0.15, -0.1) is 0 Å². The van der Waals surface area contributed by atoms with Crippen LogP contribution >= 0.6 is 0 Å². The first-order chi connectivity index (χ1) is 11.7. The molecule has 2 amide bonds. The van der Waals surface area contributed by atoms with Gasteiger partial charge >= 0.3 is 6.03 Å². The Balaban J connectivity index is 1.51. The molecule has 0 spiro atoms. The molecule has 0 bridgehead atoms. The number of amides is 2. The van der Waals surface area contributed by atoms with Gasteiger partial charge in [0.05, 0.1) is 5.69 Å². The first-order valence-corrected chi connectivity index (χ1v) is 8.63. The average molecular weight is 321 g/mol. The van der Waals surface area contributed by atoms with Crippen LogP contribution in [0.25, 0.3) is 11.1 Å². The number of fused-ring (bicyclic) bond motifs is 1. The van der Waals surface area contributed by atoms with Gasteiger partial charge in [0, 0.05) is 24.7 Å². The maximum absolute atomic E-state index is 12.7. The predicted octanol–water partition coefficient (Wildman–Crippen LogP) is 3.52. The van der Waals surface area contributed by atoms with E-state index in [0.717, 1.165) is 36.4 Å². The van der Waals surface area contributed by atoms with Crippen LogP contribution in [0.15, 0.2) is 54.6 Å². The summed E-state index contributed by atoms with van der Waals surface area (Å²) < 4.78 is 0. The summed E-state index contributed by atoms with van der Waals surface area (Å²) in [4.78, 5) is 17.1. The third kappa shape index (κ3) is 2.78. The number of benzene rings is 2. The summed E-state index contributed by atoms with van der Waals surface area (Å²) in [6.07, 6.45) is 1.20. The quantitative estimate of drug-likeness (QED) is 0.918. The molecule has 2 fully saturated rings. The normalized spacial score (nSPS) is 23.3. The minimum absolute atomic E-state index is 0.0150. The molecule has 2 atom stereocenters. The first-order valence-electron chi connectivity index (χ1n) is 8.63. The number of carbonyl (C=O) groups excluding carboxylic acids is 1. The number of anilines is 1. The van der Waals surface area contributed by atoms with E-state index in [1.54, 1.807) is 0 Å². The molecule has 24 heavy (non-hydrogen) atoms. The van der Waals surface area contributed by atoms with E-state index in [-0.39, 0.29) is 6.03 Å². The van der Waals surface area contributed by atoms with Crippen molar-refractivity contribution in [3.63, 3.8) is 0 Å². The Bertz CT molecular complexity index is 731. The molecule has 0 unspecified atom stereocenters. The Morgan fingerprint density at radius 3 is 2.58 bits per heavy atom. The molecule has 1 N–H and O–H groups in total. The summed E-state index contributed by atoms with van der Waals surface area (Å²) in [5, 5.41) is 3.12. The van der Waals surface area contributed by atoms with Crippen LogP contribution < -0.4 is 5.32 Å². The number of carbonyl (C=O) groups is 1. The molecule has 0 aromatic heterocycles. The second-order valence-electron chi connectivity index (χ2n) is 6.84. The van der Waals surface area contributed by atoms with Gasteiger partial charge in [-0.1, -0.05) is 48.5 Å². The van der Waals surface area contributed by atoms with E-state index in [1.165, 1.54) is 6.42 Å². The fourth-order valence-corrected chi connectivity index (χ4v) is 3.99. The fraction of sp³-hybridized carbons (Fsp3) is 0.350. The van der Waals surface area contributed by atoms with E-state index in [9.17, 15) is 4.79 Å². The van der Waals surface area contributed by atoms with E-state index in [1.807, 2.05) is 41.3 Å². The van der Waals surface area contributed by atoms with E-state index >= 15 is 0 Å². The van der Waals surface area contributed by atoms with Crippen LogP contribution in [0, 0.1) is 5.92 Å². The van der Waals surface area contributed by atoms with Crippen molar-refractivity contribution in [3.8, 4) is 11.1 Å². The van der Waals surface area contributed by atoms with Crippen molar-refractivity contribution in [3.05, 3.63) is 54.6 Å². The van der Waals surface area contributed by atoms with Crippen molar-refractivity contribution in [1.82, 2.24) is 9.80 Å². The maximum Gasteiger partial charge on any atom is 0.321 e. The lowest BCUT2D eigenvalue weighted by atomic mass is 10.0. The third-order valence-corrected chi connectivity index (χ3v) is 5.37. The zero-order valence-electron chi connectivity index (χ0n) is 14.0.